The molecular weight excluding hydrogens is 202 g/mol. The molecule has 0 spiro atoms. The normalized spacial score (nSPS) is 12.7. The number of nitrogens with zero attached hydrogens (tertiary/aromatic N) is 2. The van der Waals surface area contributed by atoms with E-state index in [-0.39, 0.29) is 5.56 Å². The summed E-state index contributed by atoms with van der Waals surface area (Å²) in [6.07, 6.45) is 3.83. The second-order valence-corrected chi connectivity index (χ2v) is 4.06. The highest BCUT2D eigenvalue weighted by Crippen LogP contribution is 1.99. The molecule has 1 unspecified atom stereocenters. The smallest absolute Gasteiger partial charge is 0.253 e. The van der Waals surface area contributed by atoms with Crippen molar-refractivity contribution in [3.05, 3.63) is 28.4 Å². The van der Waals surface area contributed by atoms with Crippen LogP contribution in [0.3, 0.4) is 0 Å². The average molecular weight is 223 g/mol. The van der Waals surface area contributed by atoms with Crippen molar-refractivity contribution in [2.75, 3.05) is 6.54 Å². The van der Waals surface area contributed by atoms with Gasteiger partial charge in [-0.05, 0) is 19.9 Å². The molecule has 1 aromatic rings. The molecule has 1 atom stereocenters. The van der Waals surface area contributed by atoms with Gasteiger partial charge < -0.3 is 5.32 Å². The summed E-state index contributed by atoms with van der Waals surface area (Å²) in [4.78, 5) is 15.8. The summed E-state index contributed by atoms with van der Waals surface area (Å²) in [5.74, 6) is 0. The monoisotopic (exact) mass is 223 g/mol. The highest BCUT2D eigenvalue weighted by Gasteiger charge is 2.07. The van der Waals surface area contributed by atoms with E-state index in [2.05, 4.69) is 24.1 Å². The maximum Gasteiger partial charge on any atom is 0.253 e. The molecule has 1 heterocycles. The van der Waals surface area contributed by atoms with Crippen LogP contribution in [0.4, 0.5) is 0 Å². The first-order chi connectivity index (χ1) is 7.67. The quantitative estimate of drug-likeness (QED) is 0.791. The summed E-state index contributed by atoms with van der Waals surface area (Å²) in [6.45, 7) is 7.70. The standard InChI is InChI=1S/C12H21N3O/c1-4-6-11(13-5-2)8-15-9-14-10(3)7-12(15)16/h7,9,11,13H,4-6,8H2,1-3H3. The Morgan fingerprint density at radius 1 is 1.50 bits per heavy atom. The third-order valence-corrected chi connectivity index (χ3v) is 2.56. The highest BCUT2D eigenvalue weighted by atomic mass is 16.1. The van der Waals surface area contributed by atoms with Crippen LogP contribution in [-0.2, 0) is 6.54 Å². The van der Waals surface area contributed by atoms with Crippen LogP contribution in [0.15, 0.2) is 17.2 Å². The van der Waals surface area contributed by atoms with Gasteiger partial charge in [-0.15, -0.1) is 0 Å². The SMILES string of the molecule is CCCC(Cn1cnc(C)cc1=O)NCC. The number of aromatic nitrogens is 2. The summed E-state index contributed by atoms with van der Waals surface area (Å²) in [7, 11) is 0. The van der Waals surface area contributed by atoms with Gasteiger partial charge in [0.15, 0.2) is 0 Å². The molecule has 0 saturated heterocycles. The van der Waals surface area contributed by atoms with Crippen molar-refractivity contribution < 1.29 is 0 Å². The Balaban J connectivity index is 2.72. The van der Waals surface area contributed by atoms with Crippen molar-refractivity contribution in [1.82, 2.24) is 14.9 Å². The van der Waals surface area contributed by atoms with Crippen molar-refractivity contribution in [1.29, 1.82) is 0 Å². The third kappa shape index (κ3) is 3.77. The van der Waals surface area contributed by atoms with Gasteiger partial charge in [-0.1, -0.05) is 20.3 Å². The second kappa shape index (κ2) is 6.43. The van der Waals surface area contributed by atoms with Crippen LogP contribution < -0.4 is 10.9 Å². The van der Waals surface area contributed by atoms with Gasteiger partial charge in [0.1, 0.15) is 0 Å². The Morgan fingerprint density at radius 2 is 2.25 bits per heavy atom. The molecule has 4 heteroatoms. The molecule has 1 rings (SSSR count). The predicted octanol–water partition coefficient (Wildman–Crippen LogP) is 1.33. The molecular formula is C12H21N3O. The minimum Gasteiger partial charge on any atom is -0.312 e. The minimum atomic E-state index is 0.0338. The maximum atomic E-state index is 11.7. The fourth-order valence-corrected chi connectivity index (χ4v) is 1.79. The Morgan fingerprint density at radius 3 is 2.81 bits per heavy atom. The Kier molecular flexibility index (Phi) is 5.19. The average Bonchev–Trinajstić information content (AvgIpc) is 2.23. The van der Waals surface area contributed by atoms with Gasteiger partial charge in [-0.2, -0.15) is 0 Å². The molecule has 4 nitrogen and oxygen atoms in total. The van der Waals surface area contributed by atoms with E-state index in [0.717, 1.165) is 25.1 Å². The molecule has 90 valence electrons. The predicted molar refractivity (Wildman–Crippen MR) is 65.6 cm³/mol. The van der Waals surface area contributed by atoms with E-state index < -0.39 is 0 Å². The topological polar surface area (TPSA) is 46.9 Å². The van der Waals surface area contributed by atoms with E-state index in [1.807, 2.05) is 6.92 Å². The molecule has 0 fully saturated rings. The summed E-state index contributed by atoms with van der Waals surface area (Å²) in [6, 6.07) is 1.94. The molecule has 0 aliphatic rings. The van der Waals surface area contributed by atoms with E-state index in [1.54, 1.807) is 17.0 Å². The lowest BCUT2D eigenvalue weighted by molar-refractivity contribution is 0.420. The van der Waals surface area contributed by atoms with Crippen molar-refractivity contribution in [3.8, 4) is 0 Å². The number of rotatable bonds is 6. The molecule has 0 aliphatic carbocycles. The number of nitrogens with one attached hydrogen (secondary N) is 1. The van der Waals surface area contributed by atoms with Gasteiger partial charge in [0, 0.05) is 24.3 Å². The molecule has 0 aliphatic heterocycles. The highest BCUT2D eigenvalue weighted by molar-refractivity contribution is 4.96. The number of likely N-dealkylation sites (N-methyl/N-ethyl adjacent to an activating group) is 1. The first kappa shape index (κ1) is 12.9. The van der Waals surface area contributed by atoms with E-state index in [0.29, 0.717) is 12.6 Å². The van der Waals surface area contributed by atoms with Crippen molar-refractivity contribution in [2.45, 2.75) is 46.2 Å². The summed E-state index contributed by atoms with van der Waals surface area (Å²) < 4.78 is 1.68. The van der Waals surface area contributed by atoms with Crippen LogP contribution in [-0.4, -0.2) is 22.1 Å². The lowest BCUT2D eigenvalue weighted by Gasteiger charge is -2.18. The largest absolute Gasteiger partial charge is 0.312 e. The molecule has 1 N–H and O–H groups in total. The van der Waals surface area contributed by atoms with Gasteiger partial charge in [0.05, 0.1) is 6.33 Å². The zero-order chi connectivity index (χ0) is 12.0. The van der Waals surface area contributed by atoms with Crippen LogP contribution in [0.2, 0.25) is 0 Å². The molecule has 0 radical (unpaired) electrons. The van der Waals surface area contributed by atoms with Crippen LogP contribution >= 0.6 is 0 Å². The first-order valence-corrected chi connectivity index (χ1v) is 5.93. The zero-order valence-electron chi connectivity index (χ0n) is 10.4. The Hall–Kier alpha value is -1.16. The van der Waals surface area contributed by atoms with Crippen LogP contribution in [0.1, 0.15) is 32.4 Å². The van der Waals surface area contributed by atoms with Gasteiger partial charge in [0.25, 0.3) is 5.56 Å². The minimum absolute atomic E-state index is 0.0338. The fraction of sp³-hybridized carbons (Fsp3) is 0.667. The van der Waals surface area contributed by atoms with Gasteiger partial charge in [0.2, 0.25) is 0 Å². The summed E-state index contributed by atoms with van der Waals surface area (Å²) in [5, 5.41) is 3.39. The molecule has 0 saturated carbocycles. The van der Waals surface area contributed by atoms with Crippen LogP contribution in [0.25, 0.3) is 0 Å². The molecule has 0 bridgehead atoms. The number of aryl methyl sites for hydroxylation is 1. The van der Waals surface area contributed by atoms with Crippen molar-refractivity contribution in [3.63, 3.8) is 0 Å². The molecule has 0 amide bonds. The van der Waals surface area contributed by atoms with Gasteiger partial charge >= 0.3 is 0 Å². The number of hydrogen-bond acceptors (Lipinski definition) is 3. The van der Waals surface area contributed by atoms with E-state index >= 15 is 0 Å². The lowest BCUT2D eigenvalue weighted by atomic mass is 10.1. The molecule has 0 aromatic carbocycles. The second-order valence-electron chi connectivity index (χ2n) is 4.06. The van der Waals surface area contributed by atoms with Crippen molar-refractivity contribution >= 4 is 0 Å². The van der Waals surface area contributed by atoms with E-state index in [1.165, 1.54) is 0 Å². The molecule has 16 heavy (non-hydrogen) atoms. The van der Waals surface area contributed by atoms with E-state index in [4.69, 9.17) is 0 Å². The summed E-state index contributed by atoms with van der Waals surface area (Å²) >= 11 is 0. The Bertz CT molecular complexity index is 367. The zero-order valence-corrected chi connectivity index (χ0v) is 10.4. The number of hydrogen-bond donors (Lipinski definition) is 1. The van der Waals surface area contributed by atoms with Crippen LogP contribution in [0, 0.1) is 6.92 Å². The van der Waals surface area contributed by atoms with Crippen LogP contribution in [0.5, 0.6) is 0 Å². The maximum absolute atomic E-state index is 11.7. The van der Waals surface area contributed by atoms with Gasteiger partial charge in [-0.3, -0.25) is 9.36 Å². The third-order valence-electron chi connectivity index (χ3n) is 2.56. The van der Waals surface area contributed by atoms with Gasteiger partial charge in [-0.25, -0.2) is 4.98 Å². The van der Waals surface area contributed by atoms with E-state index in [9.17, 15) is 4.79 Å². The first-order valence-electron chi connectivity index (χ1n) is 5.93. The lowest BCUT2D eigenvalue weighted by Crippen LogP contribution is -2.36. The fourth-order valence-electron chi connectivity index (χ4n) is 1.79. The van der Waals surface area contributed by atoms with Crippen molar-refractivity contribution in [2.24, 2.45) is 0 Å². The summed E-state index contributed by atoms with van der Waals surface area (Å²) in [5.41, 5.74) is 0.809. The molecule has 1 aromatic heterocycles. The Labute approximate surface area is 96.7 Å².